The van der Waals surface area contributed by atoms with Crippen LogP contribution in [0, 0.1) is 17.2 Å². The van der Waals surface area contributed by atoms with Gasteiger partial charge in [-0.15, -0.1) is 0 Å². The van der Waals surface area contributed by atoms with Gasteiger partial charge in [-0.1, -0.05) is 0 Å². The monoisotopic (exact) mass is 152 g/mol. The van der Waals surface area contributed by atoms with Crippen LogP contribution in [-0.4, -0.2) is 19.8 Å². The highest BCUT2D eigenvalue weighted by Crippen LogP contribution is 2.24. The van der Waals surface area contributed by atoms with Crippen LogP contribution in [-0.2, 0) is 0 Å². The van der Waals surface area contributed by atoms with E-state index in [0.29, 0.717) is 0 Å². The van der Waals surface area contributed by atoms with Crippen molar-refractivity contribution in [3.8, 4) is 6.07 Å². The maximum Gasteiger partial charge on any atom is 0.405 e. The van der Waals surface area contributed by atoms with E-state index < -0.39 is 12.1 Å². The first-order valence-electron chi connectivity index (χ1n) is 2.63. The van der Waals surface area contributed by atoms with Gasteiger partial charge in [0.05, 0.1) is 6.07 Å². The average Bonchev–Trinajstić information content (AvgIpc) is 1.80. The molecular formula is C5H7F3N2. The van der Waals surface area contributed by atoms with Crippen molar-refractivity contribution in [2.75, 3.05) is 13.6 Å². The lowest BCUT2D eigenvalue weighted by Gasteiger charge is -2.11. The molecule has 0 aromatic carbocycles. The Bertz CT molecular complexity index is 135. The lowest BCUT2D eigenvalue weighted by Crippen LogP contribution is -2.30. The second-order valence-corrected chi connectivity index (χ2v) is 1.78. The van der Waals surface area contributed by atoms with Crippen LogP contribution in [0.3, 0.4) is 0 Å². The molecule has 0 aliphatic heterocycles. The van der Waals surface area contributed by atoms with Crippen molar-refractivity contribution < 1.29 is 13.2 Å². The Morgan fingerprint density at radius 3 is 2.20 bits per heavy atom. The first-order chi connectivity index (χ1) is 4.52. The Hall–Kier alpha value is -0.760. The molecular weight excluding hydrogens is 145 g/mol. The average molecular weight is 152 g/mol. The van der Waals surface area contributed by atoms with Gasteiger partial charge < -0.3 is 5.32 Å². The van der Waals surface area contributed by atoms with Crippen LogP contribution in [0.5, 0.6) is 0 Å². The van der Waals surface area contributed by atoms with Crippen LogP contribution in [0.15, 0.2) is 0 Å². The molecule has 0 aromatic heterocycles. The summed E-state index contributed by atoms with van der Waals surface area (Å²) >= 11 is 0. The molecule has 0 radical (unpaired) electrons. The van der Waals surface area contributed by atoms with Crippen molar-refractivity contribution >= 4 is 0 Å². The molecule has 2 nitrogen and oxygen atoms in total. The number of nitrogens with one attached hydrogen (secondary N) is 1. The summed E-state index contributed by atoms with van der Waals surface area (Å²) in [5.74, 6) is -1.89. The van der Waals surface area contributed by atoms with E-state index in [4.69, 9.17) is 5.26 Å². The van der Waals surface area contributed by atoms with Crippen molar-refractivity contribution in [2.45, 2.75) is 6.18 Å². The quantitative estimate of drug-likeness (QED) is 0.638. The molecule has 0 saturated carbocycles. The van der Waals surface area contributed by atoms with Crippen LogP contribution in [0.25, 0.3) is 0 Å². The molecule has 1 N–H and O–H groups in total. The van der Waals surface area contributed by atoms with Crippen LogP contribution < -0.4 is 5.32 Å². The third-order valence-corrected chi connectivity index (χ3v) is 0.959. The third-order valence-electron chi connectivity index (χ3n) is 0.959. The summed E-state index contributed by atoms with van der Waals surface area (Å²) in [5, 5.41) is 10.3. The predicted molar refractivity (Wildman–Crippen MR) is 29.1 cm³/mol. The van der Waals surface area contributed by atoms with E-state index in [-0.39, 0.29) is 6.54 Å². The smallest absolute Gasteiger partial charge is 0.318 e. The summed E-state index contributed by atoms with van der Waals surface area (Å²) in [6.07, 6.45) is -4.40. The predicted octanol–water partition coefficient (Wildman–Crippen LogP) is 0.908. The fraction of sp³-hybridized carbons (Fsp3) is 0.800. The Balaban J connectivity index is 3.98. The SMILES string of the molecule is CNCC(C#N)C(F)(F)F. The van der Waals surface area contributed by atoms with Crippen molar-refractivity contribution in [2.24, 2.45) is 5.92 Å². The number of hydrogen-bond donors (Lipinski definition) is 1. The molecule has 0 aliphatic rings. The minimum Gasteiger partial charge on any atom is -0.318 e. The third kappa shape index (κ3) is 2.69. The molecule has 5 heteroatoms. The molecule has 0 heterocycles. The highest BCUT2D eigenvalue weighted by Gasteiger charge is 2.39. The molecule has 10 heavy (non-hydrogen) atoms. The second-order valence-electron chi connectivity index (χ2n) is 1.78. The number of nitrogens with zero attached hydrogens (tertiary/aromatic N) is 1. The van der Waals surface area contributed by atoms with Gasteiger partial charge >= 0.3 is 6.18 Å². The molecule has 0 saturated heterocycles. The standard InChI is InChI=1S/C5H7F3N2/c1-10-3-4(2-9)5(6,7)8/h4,10H,3H2,1H3. The van der Waals surface area contributed by atoms with E-state index in [0.717, 1.165) is 6.07 Å². The molecule has 0 spiro atoms. The topological polar surface area (TPSA) is 35.8 Å². The number of alkyl halides is 3. The van der Waals surface area contributed by atoms with E-state index >= 15 is 0 Å². The summed E-state index contributed by atoms with van der Waals surface area (Å²) in [6, 6.07) is 1.16. The van der Waals surface area contributed by atoms with Crippen LogP contribution >= 0.6 is 0 Å². The second kappa shape index (κ2) is 3.42. The van der Waals surface area contributed by atoms with Crippen molar-refractivity contribution in [3.05, 3.63) is 0 Å². The highest BCUT2D eigenvalue weighted by molar-refractivity contribution is 4.89. The molecule has 0 aromatic rings. The number of nitriles is 1. The fourth-order valence-corrected chi connectivity index (χ4v) is 0.439. The minimum absolute atomic E-state index is 0.347. The highest BCUT2D eigenvalue weighted by atomic mass is 19.4. The lowest BCUT2D eigenvalue weighted by molar-refractivity contribution is -0.157. The number of hydrogen-bond acceptors (Lipinski definition) is 2. The maximum absolute atomic E-state index is 11.6. The Labute approximate surface area is 56.6 Å². The van der Waals surface area contributed by atoms with Gasteiger partial charge in [0.25, 0.3) is 0 Å². The van der Waals surface area contributed by atoms with Gasteiger partial charge in [0.15, 0.2) is 5.92 Å². The van der Waals surface area contributed by atoms with E-state index in [1.807, 2.05) is 0 Å². The van der Waals surface area contributed by atoms with Crippen LogP contribution in [0.4, 0.5) is 13.2 Å². The van der Waals surface area contributed by atoms with Crippen molar-refractivity contribution in [1.82, 2.24) is 5.32 Å². The fourth-order valence-electron chi connectivity index (χ4n) is 0.439. The van der Waals surface area contributed by atoms with Gasteiger partial charge in [-0.25, -0.2) is 0 Å². The van der Waals surface area contributed by atoms with Gasteiger partial charge in [0.2, 0.25) is 0 Å². The molecule has 0 bridgehead atoms. The van der Waals surface area contributed by atoms with E-state index in [2.05, 4.69) is 5.32 Å². The minimum atomic E-state index is -4.40. The summed E-state index contributed by atoms with van der Waals surface area (Å²) in [5.41, 5.74) is 0. The summed E-state index contributed by atoms with van der Waals surface area (Å²) in [6.45, 7) is -0.347. The molecule has 1 unspecified atom stereocenters. The molecule has 0 aliphatic carbocycles. The Kier molecular flexibility index (Phi) is 3.16. The number of rotatable bonds is 2. The molecule has 0 fully saturated rings. The van der Waals surface area contributed by atoms with Gasteiger partial charge in [0.1, 0.15) is 0 Å². The van der Waals surface area contributed by atoms with E-state index in [1.54, 1.807) is 0 Å². The lowest BCUT2D eigenvalue weighted by atomic mass is 10.2. The van der Waals surface area contributed by atoms with Gasteiger partial charge in [-0.3, -0.25) is 0 Å². The zero-order chi connectivity index (χ0) is 8.20. The Morgan fingerprint density at radius 2 is 2.10 bits per heavy atom. The first kappa shape index (κ1) is 9.24. The molecule has 0 amide bonds. The summed E-state index contributed by atoms with van der Waals surface area (Å²) in [7, 11) is 1.37. The maximum atomic E-state index is 11.6. The Morgan fingerprint density at radius 1 is 1.60 bits per heavy atom. The van der Waals surface area contributed by atoms with Crippen molar-refractivity contribution in [1.29, 1.82) is 5.26 Å². The molecule has 0 rings (SSSR count). The summed E-state index contributed by atoms with van der Waals surface area (Å²) in [4.78, 5) is 0. The molecule has 1 atom stereocenters. The first-order valence-corrected chi connectivity index (χ1v) is 2.63. The van der Waals surface area contributed by atoms with Gasteiger partial charge in [-0.05, 0) is 7.05 Å². The zero-order valence-corrected chi connectivity index (χ0v) is 5.37. The van der Waals surface area contributed by atoms with Crippen molar-refractivity contribution in [3.63, 3.8) is 0 Å². The van der Waals surface area contributed by atoms with Gasteiger partial charge in [0, 0.05) is 6.54 Å². The number of halogens is 3. The van der Waals surface area contributed by atoms with E-state index in [1.165, 1.54) is 7.05 Å². The largest absolute Gasteiger partial charge is 0.405 e. The zero-order valence-electron chi connectivity index (χ0n) is 5.37. The van der Waals surface area contributed by atoms with Crippen LogP contribution in [0.1, 0.15) is 0 Å². The van der Waals surface area contributed by atoms with E-state index in [9.17, 15) is 13.2 Å². The summed E-state index contributed by atoms with van der Waals surface area (Å²) < 4.78 is 34.9. The molecule has 58 valence electrons. The van der Waals surface area contributed by atoms with Gasteiger partial charge in [-0.2, -0.15) is 18.4 Å². The van der Waals surface area contributed by atoms with Crippen LogP contribution in [0.2, 0.25) is 0 Å². The normalized spacial score (nSPS) is 14.3.